The first kappa shape index (κ1) is 15.0. The van der Waals surface area contributed by atoms with Crippen LogP contribution in [0.25, 0.3) is 0 Å². The second kappa shape index (κ2) is 5.91. The molecule has 2 rings (SSSR count). The highest BCUT2D eigenvalue weighted by Gasteiger charge is 2.36. The average Bonchev–Trinajstić information content (AvgIpc) is 2.37. The molecule has 0 unspecified atom stereocenters. The minimum atomic E-state index is -0.585. The van der Waals surface area contributed by atoms with Gasteiger partial charge in [0, 0.05) is 17.6 Å². The Kier molecular flexibility index (Phi) is 4.42. The van der Waals surface area contributed by atoms with Crippen LogP contribution in [0.1, 0.15) is 24.2 Å². The van der Waals surface area contributed by atoms with E-state index in [0.717, 1.165) is 0 Å². The van der Waals surface area contributed by atoms with Crippen LogP contribution in [0, 0.1) is 11.7 Å². The van der Waals surface area contributed by atoms with Gasteiger partial charge in [0.2, 0.25) is 5.91 Å². The van der Waals surface area contributed by atoms with Crippen LogP contribution in [0.15, 0.2) is 22.7 Å². The van der Waals surface area contributed by atoms with Crippen molar-refractivity contribution in [1.82, 2.24) is 10.2 Å². The quantitative estimate of drug-likeness (QED) is 0.895. The van der Waals surface area contributed by atoms with Gasteiger partial charge in [-0.2, -0.15) is 0 Å². The second-order valence-electron chi connectivity index (χ2n) is 5.10. The maximum atomic E-state index is 13.9. The predicted molar refractivity (Wildman–Crippen MR) is 76.8 cm³/mol. The van der Waals surface area contributed by atoms with E-state index in [9.17, 15) is 14.0 Å². The zero-order valence-corrected chi connectivity index (χ0v) is 12.9. The molecule has 0 aliphatic carbocycles. The third-order valence-electron chi connectivity index (χ3n) is 3.31. The molecule has 20 heavy (non-hydrogen) atoms. The average molecular weight is 343 g/mol. The zero-order valence-electron chi connectivity index (χ0n) is 11.3. The van der Waals surface area contributed by atoms with Gasteiger partial charge in [-0.15, -0.1) is 0 Å². The standard InChI is InChI=1S/C14H16BrFN2O2/c1-8(2)12-13(19)17-5-6-18(12)14(20)10-4-3-9(15)7-11(10)16/h3-4,7-8,12H,5-6H2,1-2H3,(H,17,19)/t12-/m0/s1. The lowest BCUT2D eigenvalue weighted by molar-refractivity contribution is -0.129. The van der Waals surface area contributed by atoms with E-state index in [4.69, 9.17) is 0 Å². The minimum Gasteiger partial charge on any atom is -0.353 e. The van der Waals surface area contributed by atoms with Crippen molar-refractivity contribution in [2.45, 2.75) is 19.9 Å². The predicted octanol–water partition coefficient (Wildman–Crippen LogP) is 2.18. The van der Waals surface area contributed by atoms with E-state index in [1.165, 1.54) is 17.0 Å². The molecule has 1 N–H and O–H groups in total. The maximum Gasteiger partial charge on any atom is 0.257 e. The smallest absolute Gasteiger partial charge is 0.257 e. The third kappa shape index (κ3) is 2.85. The van der Waals surface area contributed by atoms with E-state index in [0.29, 0.717) is 17.6 Å². The van der Waals surface area contributed by atoms with E-state index in [1.807, 2.05) is 13.8 Å². The molecule has 0 radical (unpaired) electrons. The summed E-state index contributed by atoms with van der Waals surface area (Å²) in [5.74, 6) is -1.24. The highest BCUT2D eigenvalue weighted by atomic mass is 79.9. The van der Waals surface area contributed by atoms with E-state index in [1.54, 1.807) is 6.07 Å². The van der Waals surface area contributed by atoms with E-state index in [2.05, 4.69) is 21.2 Å². The van der Waals surface area contributed by atoms with Crippen molar-refractivity contribution in [2.75, 3.05) is 13.1 Å². The summed E-state index contributed by atoms with van der Waals surface area (Å²) in [6, 6.07) is 3.75. The number of hydrogen-bond donors (Lipinski definition) is 1. The van der Waals surface area contributed by atoms with Gasteiger partial charge in [0.25, 0.3) is 5.91 Å². The van der Waals surface area contributed by atoms with Gasteiger partial charge in [0.05, 0.1) is 5.56 Å². The molecule has 0 bridgehead atoms. The molecular weight excluding hydrogens is 327 g/mol. The normalized spacial score (nSPS) is 19.1. The molecule has 1 fully saturated rings. The van der Waals surface area contributed by atoms with Crippen molar-refractivity contribution >= 4 is 27.7 Å². The minimum absolute atomic E-state index is 0.00597. The Morgan fingerprint density at radius 2 is 2.20 bits per heavy atom. The molecule has 1 atom stereocenters. The number of rotatable bonds is 2. The Bertz CT molecular complexity index is 548. The van der Waals surface area contributed by atoms with Crippen LogP contribution in [0.3, 0.4) is 0 Å². The van der Waals surface area contributed by atoms with Crippen molar-refractivity contribution in [1.29, 1.82) is 0 Å². The summed E-state index contributed by atoms with van der Waals surface area (Å²) >= 11 is 3.16. The number of piperazine rings is 1. The van der Waals surface area contributed by atoms with Gasteiger partial charge in [0.1, 0.15) is 11.9 Å². The van der Waals surface area contributed by atoms with Crippen LogP contribution in [0.4, 0.5) is 4.39 Å². The molecule has 2 amide bonds. The summed E-state index contributed by atoms with van der Waals surface area (Å²) in [7, 11) is 0. The van der Waals surface area contributed by atoms with Gasteiger partial charge >= 0.3 is 0 Å². The van der Waals surface area contributed by atoms with Crippen molar-refractivity contribution in [2.24, 2.45) is 5.92 Å². The SMILES string of the molecule is CC(C)[C@H]1C(=O)NCCN1C(=O)c1ccc(Br)cc1F. The fourth-order valence-electron chi connectivity index (χ4n) is 2.39. The van der Waals surface area contributed by atoms with E-state index in [-0.39, 0.29) is 17.4 Å². The first-order valence-corrected chi connectivity index (χ1v) is 7.25. The van der Waals surface area contributed by atoms with E-state index >= 15 is 0 Å². The lowest BCUT2D eigenvalue weighted by Crippen LogP contribution is -2.59. The largest absolute Gasteiger partial charge is 0.353 e. The summed E-state index contributed by atoms with van der Waals surface area (Å²) in [6.45, 7) is 4.52. The Morgan fingerprint density at radius 1 is 1.50 bits per heavy atom. The van der Waals surface area contributed by atoms with Gasteiger partial charge in [-0.1, -0.05) is 29.8 Å². The van der Waals surface area contributed by atoms with Crippen LogP contribution < -0.4 is 5.32 Å². The summed E-state index contributed by atoms with van der Waals surface area (Å²) < 4.78 is 14.5. The Morgan fingerprint density at radius 3 is 2.80 bits per heavy atom. The molecule has 1 aromatic rings. The fraction of sp³-hybridized carbons (Fsp3) is 0.429. The third-order valence-corrected chi connectivity index (χ3v) is 3.80. The molecular formula is C14H16BrFN2O2. The van der Waals surface area contributed by atoms with Crippen LogP contribution in [0.2, 0.25) is 0 Å². The molecule has 1 aromatic carbocycles. The van der Waals surface area contributed by atoms with Gasteiger partial charge < -0.3 is 10.2 Å². The number of halogens is 2. The molecule has 6 heteroatoms. The first-order chi connectivity index (χ1) is 9.41. The van der Waals surface area contributed by atoms with Crippen molar-refractivity contribution in [3.05, 3.63) is 34.1 Å². The second-order valence-corrected chi connectivity index (χ2v) is 6.02. The molecule has 108 valence electrons. The topological polar surface area (TPSA) is 49.4 Å². The number of nitrogens with one attached hydrogen (secondary N) is 1. The van der Waals surface area contributed by atoms with E-state index < -0.39 is 17.8 Å². The van der Waals surface area contributed by atoms with Crippen LogP contribution >= 0.6 is 15.9 Å². The summed E-state index contributed by atoms with van der Waals surface area (Å²) in [6.07, 6.45) is 0. The molecule has 0 spiro atoms. The van der Waals surface area contributed by atoms with Crippen molar-refractivity contribution < 1.29 is 14.0 Å². The molecule has 0 saturated carbocycles. The molecule has 1 aliphatic rings. The monoisotopic (exact) mass is 342 g/mol. The van der Waals surface area contributed by atoms with Gasteiger partial charge in [-0.25, -0.2) is 4.39 Å². The zero-order chi connectivity index (χ0) is 14.9. The number of hydrogen-bond acceptors (Lipinski definition) is 2. The Hall–Kier alpha value is -1.43. The fourth-order valence-corrected chi connectivity index (χ4v) is 2.73. The molecule has 1 aliphatic heterocycles. The lowest BCUT2D eigenvalue weighted by atomic mass is 9.98. The van der Waals surface area contributed by atoms with Crippen LogP contribution in [0.5, 0.6) is 0 Å². The number of carbonyl (C=O) groups excluding carboxylic acids is 2. The highest BCUT2D eigenvalue weighted by molar-refractivity contribution is 9.10. The molecule has 1 saturated heterocycles. The Balaban J connectivity index is 2.33. The van der Waals surface area contributed by atoms with Gasteiger partial charge in [-0.05, 0) is 24.1 Å². The molecule has 1 heterocycles. The van der Waals surface area contributed by atoms with Crippen LogP contribution in [-0.2, 0) is 4.79 Å². The lowest BCUT2D eigenvalue weighted by Gasteiger charge is -2.37. The Labute approximate surface area is 125 Å². The summed E-state index contributed by atoms with van der Waals surface area (Å²) in [5.41, 5.74) is -0.00597. The van der Waals surface area contributed by atoms with Gasteiger partial charge in [0.15, 0.2) is 0 Å². The van der Waals surface area contributed by atoms with Crippen molar-refractivity contribution in [3.63, 3.8) is 0 Å². The number of benzene rings is 1. The summed E-state index contributed by atoms with van der Waals surface area (Å²) in [4.78, 5) is 25.9. The summed E-state index contributed by atoms with van der Waals surface area (Å²) in [5, 5.41) is 2.74. The molecule has 4 nitrogen and oxygen atoms in total. The highest BCUT2D eigenvalue weighted by Crippen LogP contribution is 2.21. The number of amides is 2. The van der Waals surface area contributed by atoms with Crippen LogP contribution in [-0.4, -0.2) is 35.8 Å². The molecule has 0 aromatic heterocycles. The number of nitrogens with zero attached hydrogens (tertiary/aromatic N) is 1. The maximum absolute atomic E-state index is 13.9. The van der Waals surface area contributed by atoms with Gasteiger partial charge in [-0.3, -0.25) is 9.59 Å². The first-order valence-electron chi connectivity index (χ1n) is 6.45. The number of carbonyl (C=O) groups is 2. The van der Waals surface area contributed by atoms with Crippen molar-refractivity contribution in [3.8, 4) is 0 Å².